The standard InChI is InChI=1S/C13H23N3O/c1-4-8-16-9-10(2)14-13(16)15-11-6-5-7-12(11)17-3/h9,11-12H,4-8H2,1-3H3,(H,14,15). The van der Waals surface area contributed by atoms with Gasteiger partial charge < -0.3 is 14.6 Å². The van der Waals surface area contributed by atoms with Crippen LogP contribution in [0.1, 0.15) is 38.3 Å². The molecular weight excluding hydrogens is 214 g/mol. The molecule has 1 aliphatic carbocycles. The Hall–Kier alpha value is -1.03. The van der Waals surface area contributed by atoms with Crippen LogP contribution in [0.3, 0.4) is 0 Å². The number of methoxy groups -OCH3 is 1. The number of imidazole rings is 1. The maximum absolute atomic E-state index is 5.50. The van der Waals surface area contributed by atoms with Gasteiger partial charge in [-0.25, -0.2) is 4.98 Å². The van der Waals surface area contributed by atoms with E-state index < -0.39 is 0 Å². The lowest BCUT2D eigenvalue weighted by Crippen LogP contribution is -2.31. The summed E-state index contributed by atoms with van der Waals surface area (Å²) in [4.78, 5) is 4.56. The molecule has 0 aliphatic heterocycles. The summed E-state index contributed by atoms with van der Waals surface area (Å²) < 4.78 is 7.71. The van der Waals surface area contributed by atoms with E-state index in [-0.39, 0.29) is 0 Å². The molecule has 0 aromatic carbocycles. The predicted molar refractivity (Wildman–Crippen MR) is 69.3 cm³/mol. The Morgan fingerprint density at radius 2 is 2.35 bits per heavy atom. The van der Waals surface area contributed by atoms with Crippen molar-refractivity contribution in [3.63, 3.8) is 0 Å². The third-order valence-corrected chi connectivity index (χ3v) is 3.43. The molecule has 0 spiro atoms. The predicted octanol–water partition coefficient (Wildman–Crippen LogP) is 2.58. The lowest BCUT2D eigenvalue weighted by molar-refractivity contribution is 0.101. The molecule has 0 bridgehead atoms. The van der Waals surface area contributed by atoms with Crippen molar-refractivity contribution in [1.29, 1.82) is 0 Å². The Morgan fingerprint density at radius 3 is 3.06 bits per heavy atom. The van der Waals surface area contributed by atoms with Crippen LogP contribution in [-0.4, -0.2) is 28.8 Å². The quantitative estimate of drug-likeness (QED) is 0.855. The van der Waals surface area contributed by atoms with E-state index >= 15 is 0 Å². The largest absolute Gasteiger partial charge is 0.379 e. The zero-order valence-corrected chi connectivity index (χ0v) is 11.1. The average Bonchev–Trinajstić information content (AvgIpc) is 2.87. The number of ether oxygens (including phenoxy) is 1. The lowest BCUT2D eigenvalue weighted by Gasteiger charge is -2.20. The summed E-state index contributed by atoms with van der Waals surface area (Å²) in [7, 11) is 1.80. The molecule has 96 valence electrons. The third kappa shape index (κ3) is 2.80. The summed E-state index contributed by atoms with van der Waals surface area (Å²) in [6, 6.07) is 0.414. The van der Waals surface area contributed by atoms with Crippen LogP contribution >= 0.6 is 0 Å². The van der Waals surface area contributed by atoms with Crippen molar-refractivity contribution in [2.45, 2.75) is 58.2 Å². The van der Waals surface area contributed by atoms with Gasteiger partial charge in [-0.15, -0.1) is 0 Å². The van der Waals surface area contributed by atoms with Gasteiger partial charge in [-0.05, 0) is 32.6 Å². The van der Waals surface area contributed by atoms with Crippen molar-refractivity contribution in [3.05, 3.63) is 11.9 Å². The fraction of sp³-hybridized carbons (Fsp3) is 0.769. The van der Waals surface area contributed by atoms with Gasteiger partial charge >= 0.3 is 0 Å². The molecule has 2 rings (SSSR count). The molecule has 1 fully saturated rings. The molecule has 1 aromatic rings. The minimum absolute atomic E-state index is 0.335. The Bertz CT molecular complexity index is 362. The first-order valence-corrected chi connectivity index (χ1v) is 6.57. The lowest BCUT2D eigenvalue weighted by atomic mass is 10.2. The van der Waals surface area contributed by atoms with Crippen molar-refractivity contribution in [1.82, 2.24) is 9.55 Å². The van der Waals surface area contributed by atoms with Crippen molar-refractivity contribution in [2.75, 3.05) is 12.4 Å². The Kier molecular flexibility index (Phi) is 4.05. The Balaban J connectivity index is 2.06. The highest BCUT2D eigenvalue weighted by molar-refractivity contribution is 5.31. The molecule has 0 saturated heterocycles. The second-order valence-electron chi connectivity index (χ2n) is 4.86. The van der Waals surface area contributed by atoms with Crippen molar-refractivity contribution in [2.24, 2.45) is 0 Å². The van der Waals surface area contributed by atoms with Gasteiger partial charge in [0.05, 0.1) is 17.8 Å². The normalized spacial score (nSPS) is 24.2. The summed E-state index contributed by atoms with van der Waals surface area (Å²) in [5.74, 6) is 0.998. The minimum Gasteiger partial charge on any atom is -0.379 e. The summed E-state index contributed by atoms with van der Waals surface area (Å²) in [5.41, 5.74) is 1.08. The van der Waals surface area contributed by atoms with Crippen LogP contribution in [0.4, 0.5) is 5.95 Å². The van der Waals surface area contributed by atoms with E-state index in [9.17, 15) is 0 Å². The third-order valence-electron chi connectivity index (χ3n) is 3.43. The van der Waals surface area contributed by atoms with E-state index in [1.807, 2.05) is 6.92 Å². The smallest absolute Gasteiger partial charge is 0.203 e. The van der Waals surface area contributed by atoms with Gasteiger partial charge in [0.25, 0.3) is 0 Å². The Morgan fingerprint density at radius 1 is 1.53 bits per heavy atom. The first kappa shape index (κ1) is 12.4. The second kappa shape index (κ2) is 5.54. The van der Waals surface area contributed by atoms with E-state index in [0.29, 0.717) is 12.1 Å². The van der Waals surface area contributed by atoms with Crippen molar-refractivity contribution >= 4 is 5.95 Å². The second-order valence-corrected chi connectivity index (χ2v) is 4.86. The molecule has 17 heavy (non-hydrogen) atoms. The molecule has 4 heteroatoms. The molecule has 2 atom stereocenters. The number of rotatable bonds is 5. The zero-order chi connectivity index (χ0) is 12.3. The maximum atomic E-state index is 5.50. The highest BCUT2D eigenvalue weighted by Crippen LogP contribution is 2.25. The number of nitrogens with zero attached hydrogens (tertiary/aromatic N) is 2. The highest BCUT2D eigenvalue weighted by atomic mass is 16.5. The minimum atomic E-state index is 0.335. The highest BCUT2D eigenvalue weighted by Gasteiger charge is 2.27. The van der Waals surface area contributed by atoms with Gasteiger partial charge in [0.2, 0.25) is 5.95 Å². The van der Waals surface area contributed by atoms with Gasteiger partial charge in [-0.1, -0.05) is 6.92 Å². The first-order valence-electron chi connectivity index (χ1n) is 6.57. The van der Waals surface area contributed by atoms with E-state index in [0.717, 1.165) is 31.0 Å². The number of nitrogens with one attached hydrogen (secondary N) is 1. The van der Waals surface area contributed by atoms with E-state index in [2.05, 4.69) is 28.0 Å². The Labute approximate surface area is 103 Å². The molecule has 0 radical (unpaired) electrons. The first-order chi connectivity index (χ1) is 8.24. The van der Waals surface area contributed by atoms with Gasteiger partial charge in [0.15, 0.2) is 0 Å². The molecule has 0 amide bonds. The van der Waals surface area contributed by atoms with Crippen molar-refractivity contribution in [3.8, 4) is 0 Å². The zero-order valence-electron chi connectivity index (χ0n) is 11.1. The summed E-state index contributed by atoms with van der Waals surface area (Å²) in [5, 5.41) is 3.54. The fourth-order valence-corrected chi connectivity index (χ4v) is 2.61. The van der Waals surface area contributed by atoms with E-state index in [4.69, 9.17) is 4.74 Å². The van der Waals surface area contributed by atoms with Crippen LogP contribution in [0.15, 0.2) is 6.20 Å². The van der Waals surface area contributed by atoms with E-state index in [1.54, 1.807) is 7.11 Å². The molecule has 1 aromatic heterocycles. The summed E-state index contributed by atoms with van der Waals surface area (Å²) in [6.07, 6.45) is 7.15. The molecule has 2 unspecified atom stereocenters. The van der Waals surface area contributed by atoms with Gasteiger partial charge in [-0.3, -0.25) is 0 Å². The van der Waals surface area contributed by atoms with Gasteiger partial charge in [0, 0.05) is 19.9 Å². The fourth-order valence-electron chi connectivity index (χ4n) is 2.61. The van der Waals surface area contributed by atoms with Crippen LogP contribution in [0.2, 0.25) is 0 Å². The van der Waals surface area contributed by atoms with Gasteiger partial charge in [-0.2, -0.15) is 0 Å². The number of hydrogen-bond donors (Lipinski definition) is 1. The van der Waals surface area contributed by atoms with Crippen LogP contribution in [0.5, 0.6) is 0 Å². The monoisotopic (exact) mass is 237 g/mol. The molecular formula is C13H23N3O. The van der Waals surface area contributed by atoms with Gasteiger partial charge in [0.1, 0.15) is 0 Å². The molecule has 1 saturated carbocycles. The molecule has 4 nitrogen and oxygen atoms in total. The number of aromatic nitrogens is 2. The van der Waals surface area contributed by atoms with Crippen LogP contribution in [-0.2, 0) is 11.3 Å². The summed E-state index contributed by atoms with van der Waals surface area (Å²) >= 11 is 0. The topological polar surface area (TPSA) is 39.1 Å². The SMILES string of the molecule is CCCn1cc(C)nc1NC1CCCC1OC. The summed E-state index contributed by atoms with van der Waals surface area (Å²) in [6.45, 7) is 5.25. The molecule has 1 heterocycles. The van der Waals surface area contributed by atoms with E-state index in [1.165, 1.54) is 12.8 Å². The van der Waals surface area contributed by atoms with Crippen LogP contribution in [0, 0.1) is 6.92 Å². The number of anilines is 1. The number of hydrogen-bond acceptors (Lipinski definition) is 3. The van der Waals surface area contributed by atoms with Crippen LogP contribution < -0.4 is 5.32 Å². The average molecular weight is 237 g/mol. The molecule has 1 N–H and O–H groups in total. The maximum Gasteiger partial charge on any atom is 0.203 e. The van der Waals surface area contributed by atoms with Crippen molar-refractivity contribution < 1.29 is 4.74 Å². The number of aryl methyl sites for hydroxylation is 2. The molecule has 1 aliphatic rings. The van der Waals surface area contributed by atoms with Crippen LogP contribution in [0.25, 0.3) is 0 Å².